The van der Waals surface area contributed by atoms with Crippen LogP contribution in [0.25, 0.3) is 0 Å². The third kappa shape index (κ3) is 4.66. The van der Waals surface area contributed by atoms with Crippen molar-refractivity contribution in [3.8, 4) is 6.07 Å². The highest BCUT2D eigenvalue weighted by molar-refractivity contribution is 5.88. The number of hydrogen-bond acceptors (Lipinski definition) is 3. The zero-order chi connectivity index (χ0) is 12.7. The Kier molecular flexibility index (Phi) is 5.18. The number of rotatable bonds is 5. The van der Waals surface area contributed by atoms with Crippen LogP contribution in [0.4, 0.5) is 5.69 Å². The van der Waals surface area contributed by atoms with Crippen LogP contribution in [0.2, 0.25) is 0 Å². The first-order valence-corrected chi connectivity index (χ1v) is 5.61. The summed E-state index contributed by atoms with van der Waals surface area (Å²) in [5.74, 6) is -0.0766. The molecule has 1 aromatic carbocycles. The topological polar surface area (TPSA) is 64.9 Å². The molecule has 0 heterocycles. The number of nitrogens with one attached hydrogen (secondary N) is 2. The molecule has 4 nitrogen and oxygen atoms in total. The van der Waals surface area contributed by atoms with E-state index >= 15 is 0 Å². The second-order valence-electron chi connectivity index (χ2n) is 3.89. The number of hydrogen-bond donors (Lipinski definition) is 2. The van der Waals surface area contributed by atoms with E-state index in [-0.39, 0.29) is 11.9 Å². The quantitative estimate of drug-likeness (QED) is 0.763. The van der Waals surface area contributed by atoms with Crippen LogP contribution in [0.5, 0.6) is 0 Å². The molecule has 0 saturated heterocycles. The fraction of sp³-hybridized carbons (Fsp3) is 0.385. The molecular formula is C13H17N3O. The van der Waals surface area contributed by atoms with Crippen LogP contribution in [0.1, 0.15) is 31.9 Å². The summed E-state index contributed by atoms with van der Waals surface area (Å²) in [5, 5.41) is 14.4. The minimum atomic E-state index is -0.0766. The van der Waals surface area contributed by atoms with Gasteiger partial charge in [-0.3, -0.25) is 4.79 Å². The Morgan fingerprint density at radius 1 is 1.53 bits per heavy atom. The third-order valence-electron chi connectivity index (χ3n) is 2.39. The predicted octanol–water partition coefficient (Wildman–Crippen LogP) is 2.21. The lowest BCUT2D eigenvalue weighted by atomic mass is 10.1. The minimum absolute atomic E-state index is 0.0766. The zero-order valence-corrected chi connectivity index (χ0v) is 10.2. The summed E-state index contributed by atoms with van der Waals surface area (Å²) >= 11 is 0. The third-order valence-corrected chi connectivity index (χ3v) is 2.39. The van der Waals surface area contributed by atoms with Gasteiger partial charge in [-0.15, -0.1) is 0 Å². The largest absolute Gasteiger partial charge is 0.326 e. The van der Waals surface area contributed by atoms with Gasteiger partial charge in [0.05, 0.1) is 6.07 Å². The van der Waals surface area contributed by atoms with Crippen LogP contribution in [0.15, 0.2) is 24.3 Å². The average Bonchev–Trinajstić information content (AvgIpc) is 2.28. The number of anilines is 1. The second-order valence-corrected chi connectivity index (χ2v) is 3.89. The van der Waals surface area contributed by atoms with Gasteiger partial charge in [-0.25, -0.2) is 0 Å². The fourth-order valence-corrected chi connectivity index (χ4v) is 1.55. The second kappa shape index (κ2) is 6.66. The lowest BCUT2D eigenvalue weighted by Crippen LogP contribution is -2.19. The highest BCUT2D eigenvalue weighted by Gasteiger charge is 2.05. The molecule has 0 aliphatic heterocycles. The molecule has 0 bridgehead atoms. The van der Waals surface area contributed by atoms with Gasteiger partial charge < -0.3 is 10.6 Å². The summed E-state index contributed by atoms with van der Waals surface area (Å²) in [4.78, 5) is 10.9. The van der Waals surface area contributed by atoms with E-state index in [9.17, 15) is 4.79 Å². The Balaban J connectivity index is 2.64. The molecule has 90 valence electrons. The number of carbonyl (C=O) groups is 1. The Morgan fingerprint density at radius 2 is 2.29 bits per heavy atom. The maximum Gasteiger partial charge on any atom is 0.221 e. The van der Waals surface area contributed by atoms with Gasteiger partial charge in [0.1, 0.15) is 0 Å². The van der Waals surface area contributed by atoms with Gasteiger partial charge in [-0.05, 0) is 24.6 Å². The van der Waals surface area contributed by atoms with Crippen molar-refractivity contribution in [3.05, 3.63) is 29.8 Å². The summed E-state index contributed by atoms with van der Waals surface area (Å²) in [6, 6.07) is 9.95. The standard InChI is InChI=1S/C13H17N3O/c1-10(15-8-4-7-14)12-5-3-6-13(9-12)16-11(2)17/h3,5-6,9-10,15H,4,8H2,1-2H3,(H,16,17). The number of nitriles is 1. The Morgan fingerprint density at radius 3 is 2.94 bits per heavy atom. The van der Waals surface area contributed by atoms with E-state index in [2.05, 4.69) is 16.7 Å². The first-order chi connectivity index (χ1) is 8.13. The van der Waals surface area contributed by atoms with Crippen molar-refractivity contribution < 1.29 is 4.79 Å². The first kappa shape index (κ1) is 13.2. The smallest absolute Gasteiger partial charge is 0.221 e. The molecule has 1 amide bonds. The predicted molar refractivity (Wildman–Crippen MR) is 67.4 cm³/mol. The molecule has 0 aromatic heterocycles. The van der Waals surface area contributed by atoms with E-state index < -0.39 is 0 Å². The summed E-state index contributed by atoms with van der Waals surface area (Å²) in [7, 11) is 0. The van der Waals surface area contributed by atoms with E-state index in [4.69, 9.17) is 5.26 Å². The van der Waals surface area contributed by atoms with Gasteiger partial charge in [0, 0.05) is 31.6 Å². The van der Waals surface area contributed by atoms with Gasteiger partial charge in [0.2, 0.25) is 5.91 Å². The van der Waals surface area contributed by atoms with Crippen molar-refractivity contribution in [2.45, 2.75) is 26.3 Å². The average molecular weight is 231 g/mol. The molecule has 1 unspecified atom stereocenters. The Labute approximate surface area is 102 Å². The zero-order valence-electron chi connectivity index (χ0n) is 10.2. The SMILES string of the molecule is CC(=O)Nc1cccc(C(C)NCCC#N)c1. The fourth-order valence-electron chi connectivity index (χ4n) is 1.55. The molecule has 4 heteroatoms. The molecule has 1 aromatic rings. The van der Waals surface area contributed by atoms with Crippen molar-refractivity contribution in [1.29, 1.82) is 5.26 Å². The van der Waals surface area contributed by atoms with Crippen LogP contribution in [-0.4, -0.2) is 12.5 Å². The molecule has 0 saturated carbocycles. The van der Waals surface area contributed by atoms with Crippen molar-refractivity contribution >= 4 is 11.6 Å². The van der Waals surface area contributed by atoms with E-state index in [1.54, 1.807) is 0 Å². The van der Waals surface area contributed by atoms with Crippen LogP contribution in [0, 0.1) is 11.3 Å². The molecule has 0 aliphatic carbocycles. The molecule has 0 fully saturated rings. The summed E-state index contributed by atoms with van der Waals surface area (Å²) in [5.41, 5.74) is 1.89. The lowest BCUT2D eigenvalue weighted by molar-refractivity contribution is -0.114. The monoisotopic (exact) mass is 231 g/mol. The number of nitrogens with zero attached hydrogens (tertiary/aromatic N) is 1. The van der Waals surface area contributed by atoms with Crippen LogP contribution < -0.4 is 10.6 Å². The molecule has 0 spiro atoms. The highest BCUT2D eigenvalue weighted by Crippen LogP contribution is 2.17. The normalized spacial score (nSPS) is 11.6. The number of amides is 1. The van der Waals surface area contributed by atoms with Gasteiger partial charge in [-0.2, -0.15) is 5.26 Å². The molecule has 1 rings (SSSR count). The van der Waals surface area contributed by atoms with E-state index in [0.29, 0.717) is 13.0 Å². The molecule has 2 N–H and O–H groups in total. The lowest BCUT2D eigenvalue weighted by Gasteiger charge is -2.14. The van der Waals surface area contributed by atoms with Gasteiger partial charge in [0.25, 0.3) is 0 Å². The molecular weight excluding hydrogens is 214 g/mol. The van der Waals surface area contributed by atoms with Crippen molar-refractivity contribution in [1.82, 2.24) is 5.32 Å². The van der Waals surface area contributed by atoms with Gasteiger partial charge >= 0.3 is 0 Å². The van der Waals surface area contributed by atoms with Crippen molar-refractivity contribution in [3.63, 3.8) is 0 Å². The van der Waals surface area contributed by atoms with Crippen LogP contribution in [-0.2, 0) is 4.79 Å². The summed E-state index contributed by atoms with van der Waals surface area (Å²) < 4.78 is 0. The van der Waals surface area contributed by atoms with Crippen LogP contribution >= 0.6 is 0 Å². The van der Waals surface area contributed by atoms with Gasteiger partial charge in [0.15, 0.2) is 0 Å². The van der Waals surface area contributed by atoms with E-state index in [0.717, 1.165) is 11.3 Å². The van der Waals surface area contributed by atoms with E-state index in [1.165, 1.54) is 6.92 Å². The van der Waals surface area contributed by atoms with Gasteiger partial charge in [-0.1, -0.05) is 12.1 Å². The van der Waals surface area contributed by atoms with E-state index in [1.807, 2.05) is 31.2 Å². The maximum absolute atomic E-state index is 10.9. The van der Waals surface area contributed by atoms with Crippen molar-refractivity contribution in [2.24, 2.45) is 0 Å². The molecule has 1 atom stereocenters. The first-order valence-electron chi connectivity index (χ1n) is 5.61. The molecule has 17 heavy (non-hydrogen) atoms. The Hall–Kier alpha value is -1.86. The Bertz CT molecular complexity index is 423. The number of benzene rings is 1. The summed E-state index contributed by atoms with van der Waals surface area (Å²) in [6.45, 7) is 4.19. The maximum atomic E-state index is 10.9. The molecule has 0 aliphatic rings. The van der Waals surface area contributed by atoms with Crippen LogP contribution in [0.3, 0.4) is 0 Å². The number of carbonyl (C=O) groups excluding carboxylic acids is 1. The van der Waals surface area contributed by atoms with Crippen molar-refractivity contribution in [2.75, 3.05) is 11.9 Å². The highest BCUT2D eigenvalue weighted by atomic mass is 16.1. The molecule has 0 radical (unpaired) electrons. The minimum Gasteiger partial charge on any atom is -0.326 e. The summed E-state index contributed by atoms with van der Waals surface area (Å²) in [6.07, 6.45) is 0.496.